The molecule has 33 heavy (non-hydrogen) atoms. The van der Waals surface area contributed by atoms with E-state index in [-0.39, 0.29) is 11.8 Å². The predicted octanol–water partition coefficient (Wildman–Crippen LogP) is 2.41. The minimum Gasteiger partial charge on any atom is -0.390 e. The molecule has 0 saturated carbocycles. The zero-order valence-electron chi connectivity index (χ0n) is 19.9. The number of carbonyl (C=O) groups is 1. The molecule has 2 fully saturated rings. The van der Waals surface area contributed by atoms with Gasteiger partial charge < -0.3 is 24.9 Å². The normalized spacial score (nSPS) is 22.5. The molecule has 2 N–H and O–H groups in total. The highest BCUT2D eigenvalue weighted by Crippen LogP contribution is 2.33. The maximum atomic E-state index is 13.3. The number of nitrogens with zero attached hydrogens (tertiary/aromatic N) is 4. The van der Waals surface area contributed by atoms with Crippen LogP contribution in [0.15, 0.2) is 42.6 Å². The molecule has 2 aromatic rings. The molecular weight excluding hydrogens is 416 g/mol. The average molecular weight is 453 g/mol. The van der Waals surface area contributed by atoms with Crippen LogP contribution < -0.4 is 9.80 Å². The van der Waals surface area contributed by atoms with Crippen LogP contribution in [0, 0.1) is 5.92 Å². The van der Waals surface area contributed by atoms with Crippen molar-refractivity contribution in [3.8, 4) is 0 Å². The van der Waals surface area contributed by atoms with Gasteiger partial charge in [-0.15, -0.1) is 0 Å². The van der Waals surface area contributed by atoms with Crippen molar-refractivity contribution in [2.24, 2.45) is 5.92 Å². The molecule has 1 unspecified atom stereocenters. The van der Waals surface area contributed by atoms with Gasteiger partial charge in [-0.2, -0.15) is 0 Å². The van der Waals surface area contributed by atoms with Gasteiger partial charge in [0.2, 0.25) is 5.91 Å². The van der Waals surface area contributed by atoms with Crippen molar-refractivity contribution in [3.05, 3.63) is 53.9 Å². The SMILES string of the molecule is CC[C@@](O)(c1ccc(N2CCC(Cc3ccccc3N3CCN(C)CC3)C2=O)cn1)[C@H](C)O. The molecule has 178 valence electrons. The number of anilines is 2. The van der Waals surface area contributed by atoms with Crippen molar-refractivity contribution in [3.63, 3.8) is 0 Å². The smallest absolute Gasteiger partial charge is 0.230 e. The second-order valence-electron chi connectivity index (χ2n) is 9.45. The number of hydrogen-bond acceptors (Lipinski definition) is 6. The molecule has 1 aromatic carbocycles. The first kappa shape index (κ1) is 23.7. The van der Waals surface area contributed by atoms with Crippen LogP contribution in [-0.4, -0.2) is 71.9 Å². The Morgan fingerprint density at radius 2 is 1.85 bits per heavy atom. The first-order chi connectivity index (χ1) is 15.8. The van der Waals surface area contributed by atoms with Crippen LogP contribution in [0.1, 0.15) is 37.9 Å². The number of carbonyl (C=O) groups excluding carboxylic acids is 1. The maximum absolute atomic E-state index is 13.3. The van der Waals surface area contributed by atoms with Crippen molar-refractivity contribution < 1.29 is 15.0 Å². The number of aliphatic hydroxyl groups excluding tert-OH is 1. The van der Waals surface area contributed by atoms with Gasteiger partial charge in [0.25, 0.3) is 0 Å². The number of amides is 1. The Morgan fingerprint density at radius 1 is 1.12 bits per heavy atom. The van der Waals surface area contributed by atoms with Gasteiger partial charge in [0.1, 0.15) is 5.60 Å². The number of hydrogen-bond donors (Lipinski definition) is 2. The summed E-state index contributed by atoms with van der Waals surface area (Å²) in [7, 11) is 2.16. The van der Waals surface area contributed by atoms with E-state index >= 15 is 0 Å². The van der Waals surface area contributed by atoms with Crippen LogP contribution in [0.2, 0.25) is 0 Å². The lowest BCUT2D eigenvalue weighted by molar-refractivity contribution is -0.120. The Hall–Kier alpha value is -2.48. The van der Waals surface area contributed by atoms with Crippen LogP contribution in [0.4, 0.5) is 11.4 Å². The van der Waals surface area contributed by atoms with E-state index in [4.69, 9.17) is 0 Å². The Labute approximate surface area is 196 Å². The maximum Gasteiger partial charge on any atom is 0.230 e. The first-order valence-electron chi connectivity index (χ1n) is 12.0. The molecule has 1 amide bonds. The summed E-state index contributed by atoms with van der Waals surface area (Å²) in [4.78, 5) is 24.3. The summed E-state index contributed by atoms with van der Waals surface area (Å²) in [5, 5.41) is 20.7. The van der Waals surface area contributed by atoms with Gasteiger partial charge >= 0.3 is 0 Å². The summed E-state index contributed by atoms with van der Waals surface area (Å²) in [6, 6.07) is 12.0. The monoisotopic (exact) mass is 452 g/mol. The Balaban J connectivity index is 1.46. The van der Waals surface area contributed by atoms with E-state index in [1.165, 1.54) is 11.3 Å². The fourth-order valence-corrected chi connectivity index (χ4v) is 4.98. The van der Waals surface area contributed by atoms with Crippen molar-refractivity contribution in [1.29, 1.82) is 0 Å². The molecule has 0 aliphatic carbocycles. The summed E-state index contributed by atoms with van der Waals surface area (Å²) in [6.45, 7) is 8.16. The molecule has 2 aliphatic heterocycles. The third-order valence-corrected chi connectivity index (χ3v) is 7.35. The number of benzene rings is 1. The van der Waals surface area contributed by atoms with E-state index < -0.39 is 11.7 Å². The van der Waals surface area contributed by atoms with Gasteiger partial charge in [-0.05, 0) is 57.0 Å². The fourth-order valence-electron chi connectivity index (χ4n) is 4.98. The average Bonchev–Trinajstić information content (AvgIpc) is 3.19. The number of para-hydroxylation sites is 1. The second-order valence-corrected chi connectivity index (χ2v) is 9.45. The highest BCUT2D eigenvalue weighted by atomic mass is 16.3. The minimum atomic E-state index is -1.39. The van der Waals surface area contributed by atoms with Gasteiger partial charge in [0.15, 0.2) is 0 Å². The molecule has 0 spiro atoms. The fraction of sp³-hybridized carbons (Fsp3) is 0.538. The lowest BCUT2D eigenvalue weighted by Gasteiger charge is -2.35. The first-order valence-corrected chi connectivity index (χ1v) is 12.0. The van der Waals surface area contributed by atoms with Gasteiger partial charge in [0.05, 0.1) is 23.7 Å². The van der Waals surface area contributed by atoms with E-state index in [1.807, 2.05) is 13.0 Å². The summed E-state index contributed by atoms with van der Waals surface area (Å²) >= 11 is 0. The molecule has 4 rings (SSSR count). The summed E-state index contributed by atoms with van der Waals surface area (Å²) in [5.41, 5.74) is 2.26. The lowest BCUT2D eigenvalue weighted by Crippen LogP contribution is -2.44. The highest BCUT2D eigenvalue weighted by Gasteiger charge is 2.36. The highest BCUT2D eigenvalue weighted by molar-refractivity contribution is 5.97. The summed E-state index contributed by atoms with van der Waals surface area (Å²) < 4.78 is 0. The van der Waals surface area contributed by atoms with Gasteiger partial charge in [0, 0.05) is 44.3 Å². The zero-order chi connectivity index (χ0) is 23.6. The third-order valence-electron chi connectivity index (χ3n) is 7.35. The van der Waals surface area contributed by atoms with Crippen LogP contribution in [0.3, 0.4) is 0 Å². The Morgan fingerprint density at radius 3 is 2.48 bits per heavy atom. The third kappa shape index (κ3) is 4.76. The molecule has 7 nitrogen and oxygen atoms in total. The molecule has 3 heterocycles. The minimum absolute atomic E-state index is 0.0525. The van der Waals surface area contributed by atoms with Gasteiger partial charge in [-0.25, -0.2) is 0 Å². The number of piperazine rings is 1. The van der Waals surface area contributed by atoms with Gasteiger partial charge in [-0.1, -0.05) is 25.1 Å². The molecule has 3 atom stereocenters. The molecule has 2 aliphatic rings. The van der Waals surface area contributed by atoms with Gasteiger partial charge in [-0.3, -0.25) is 9.78 Å². The lowest BCUT2D eigenvalue weighted by atomic mass is 9.90. The topological polar surface area (TPSA) is 80.1 Å². The number of rotatable bonds is 7. The van der Waals surface area contributed by atoms with E-state index in [0.717, 1.165) is 44.7 Å². The predicted molar refractivity (Wildman–Crippen MR) is 130 cm³/mol. The molecule has 0 bridgehead atoms. The standard InChI is InChI=1S/C26H36N4O3/c1-4-26(33,19(2)31)24-10-9-22(18-27-24)30-12-11-21(25(30)32)17-20-7-5-6-8-23(20)29-15-13-28(3)14-16-29/h5-10,18-19,21,31,33H,4,11-17H2,1-3H3/t19-,21?,26-/m0/s1. The number of aromatic nitrogens is 1. The number of pyridine rings is 1. The van der Waals surface area contributed by atoms with E-state index in [9.17, 15) is 15.0 Å². The van der Waals surface area contributed by atoms with Crippen LogP contribution in [-0.2, 0) is 16.8 Å². The summed E-state index contributed by atoms with van der Waals surface area (Å²) in [5.74, 6) is 0.0716. The largest absolute Gasteiger partial charge is 0.390 e. The van der Waals surface area contributed by atoms with Crippen molar-refractivity contribution in [2.75, 3.05) is 49.6 Å². The number of likely N-dealkylation sites (N-methyl/N-ethyl adjacent to an activating group) is 1. The van der Waals surface area contributed by atoms with Crippen LogP contribution in [0.5, 0.6) is 0 Å². The zero-order valence-corrected chi connectivity index (χ0v) is 19.9. The number of aliphatic hydroxyl groups is 2. The van der Waals surface area contributed by atoms with E-state index in [1.54, 1.807) is 24.1 Å². The van der Waals surface area contributed by atoms with Crippen molar-refractivity contribution >= 4 is 17.3 Å². The molecule has 2 saturated heterocycles. The van der Waals surface area contributed by atoms with Crippen LogP contribution in [0.25, 0.3) is 0 Å². The van der Waals surface area contributed by atoms with Crippen molar-refractivity contribution in [1.82, 2.24) is 9.88 Å². The van der Waals surface area contributed by atoms with Crippen LogP contribution >= 0.6 is 0 Å². The molecule has 0 radical (unpaired) electrons. The summed E-state index contributed by atoms with van der Waals surface area (Å²) in [6.07, 6.45) is 2.61. The second kappa shape index (κ2) is 9.79. The molecule has 1 aromatic heterocycles. The van der Waals surface area contributed by atoms with Crippen molar-refractivity contribution in [2.45, 2.75) is 44.8 Å². The quantitative estimate of drug-likeness (QED) is 0.672. The molecular formula is C26H36N4O3. The Bertz CT molecular complexity index is 956. The van der Waals surface area contributed by atoms with E-state index in [0.29, 0.717) is 18.7 Å². The Kier molecular flexibility index (Phi) is 7.02. The molecule has 7 heteroatoms. The van der Waals surface area contributed by atoms with E-state index in [2.05, 4.69) is 46.1 Å².